The lowest BCUT2D eigenvalue weighted by atomic mass is 9.97. The summed E-state index contributed by atoms with van der Waals surface area (Å²) in [6.07, 6.45) is 2.07. The molecule has 1 atom stereocenters. The van der Waals surface area contributed by atoms with E-state index in [0.717, 1.165) is 35.7 Å². The second-order valence-electron chi connectivity index (χ2n) is 7.98. The summed E-state index contributed by atoms with van der Waals surface area (Å²) in [4.78, 5) is 31.4. The van der Waals surface area contributed by atoms with Gasteiger partial charge in [0.15, 0.2) is 5.82 Å². The van der Waals surface area contributed by atoms with Crippen LogP contribution in [0.4, 0.5) is 0 Å². The monoisotopic (exact) mass is 481 g/mol. The first-order valence-corrected chi connectivity index (χ1v) is 12.0. The van der Waals surface area contributed by atoms with E-state index < -0.39 is 0 Å². The van der Waals surface area contributed by atoms with Crippen molar-refractivity contribution >= 4 is 23.4 Å². The van der Waals surface area contributed by atoms with Gasteiger partial charge in [-0.25, -0.2) is 0 Å². The smallest absolute Gasteiger partial charge is 0.310 e. The highest BCUT2D eigenvalue weighted by Gasteiger charge is 2.30. The zero-order valence-electron chi connectivity index (χ0n) is 19.2. The molecule has 8 nitrogen and oxygen atoms in total. The first kappa shape index (κ1) is 23.7. The zero-order valence-corrected chi connectivity index (χ0v) is 20.0. The summed E-state index contributed by atoms with van der Waals surface area (Å²) in [6.45, 7) is 3.11. The molecule has 9 heteroatoms. The van der Waals surface area contributed by atoms with Crippen LogP contribution in [-0.4, -0.2) is 52.9 Å². The van der Waals surface area contributed by atoms with Crippen LogP contribution in [0.15, 0.2) is 48.5 Å². The average molecular weight is 482 g/mol. The summed E-state index contributed by atoms with van der Waals surface area (Å²) in [5.74, 6) is 1.30. The number of amides is 1. The molecule has 1 aliphatic heterocycles. The summed E-state index contributed by atoms with van der Waals surface area (Å²) in [7, 11) is 1.63. The van der Waals surface area contributed by atoms with Crippen molar-refractivity contribution in [2.45, 2.75) is 26.2 Å². The number of esters is 1. The topological polar surface area (TPSA) is 90.9 Å². The molecule has 178 valence electrons. The van der Waals surface area contributed by atoms with Crippen molar-refractivity contribution in [2.75, 3.05) is 26.8 Å². The lowest BCUT2D eigenvalue weighted by Crippen LogP contribution is -2.42. The molecule has 1 amide bonds. The number of hydrogen-bond acceptors (Lipinski definition) is 8. The summed E-state index contributed by atoms with van der Waals surface area (Å²) < 4.78 is 20.7. The molecule has 3 aromatic rings. The molecule has 1 unspecified atom stereocenters. The van der Waals surface area contributed by atoms with Crippen LogP contribution >= 0.6 is 11.5 Å². The van der Waals surface area contributed by atoms with Gasteiger partial charge in [0, 0.05) is 36.6 Å². The van der Waals surface area contributed by atoms with E-state index in [-0.39, 0.29) is 17.8 Å². The van der Waals surface area contributed by atoms with Gasteiger partial charge in [-0.2, -0.15) is 9.36 Å². The number of likely N-dealkylation sites (tertiary alicyclic amines) is 1. The Kier molecular flexibility index (Phi) is 7.74. The molecule has 2 heterocycles. The van der Waals surface area contributed by atoms with Crippen LogP contribution in [0.5, 0.6) is 16.7 Å². The molecule has 1 fully saturated rings. The maximum Gasteiger partial charge on any atom is 0.310 e. The number of ether oxygens (including phenoxy) is 3. The number of methoxy groups -OCH3 is 1. The van der Waals surface area contributed by atoms with Crippen LogP contribution in [-0.2, 0) is 16.0 Å². The van der Waals surface area contributed by atoms with Crippen LogP contribution in [0.3, 0.4) is 0 Å². The zero-order chi connectivity index (χ0) is 23.9. The Morgan fingerprint density at radius 1 is 1.15 bits per heavy atom. The third kappa shape index (κ3) is 5.91. The third-order valence-corrected chi connectivity index (χ3v) is 6.19. The molecule has 0 spiro atoms. The highest BCUT2D eigenvalue weighted by Crippen LogP contribution is 2.26. The van der Waals surface area contributed by atoms with Gasteiger partial charge in [-0.1, -0.05) is 18.2 Å². The Bertz CT molecular complexity index is 1150. The summed E-state index contributed by atoms with van der Waals surface area (Å²) in [5.41, 5.74) is 1.54. The van der Waals surface area contributed by atoms with E-state index in [2.05, 4.69) is 9.36 Å². The number of rotatable bonds is 8. The lowest BCUT2D eigenvalue weighted by Gasteiger charge is -2.31. The van der Waals surface area contributed by atoms with Crippen molar-refractivity contribution in [3.05, 3.63) is 65.5 Å². The molecule has 0 N–H and O–H groups in total. The molecule has 0 radical (unpaired) electrons. The van der Waals surface area contributed by atoms with Crippen LogP contribution in [0, 0.1) is 5.92 Å². The van der Waals surface area contributed by atoms with E-state index >= 15 is 0 Å². The van der Waals surface area contributed by atoms with Gasteiger partial charge in [0.2, 0.25) is 0 Å². The Morgan fingerprint density at radius 3 is 2.79 bits per heavy atom. The number of nitrogens with zero attached hydrogens (tertiary/aromatic N) is 3. The fourth-order valence-corrected chi connectivity index (χ4v) is 4.47. The molecule has 4 rings (SSSR count). The number of piperidine rings is 1. The fourth-order valence-electron chi connectivity index (χ4n) is 3.91. The molecule has 1 aliphatic rings. The van der Waals surface area contributed by atoms with Crippen molar-refractivity contribution in [2.24, 2.45) is 5.92 Å². The minimum Gasteiger partial charge on any atom is -0.497 e. The van der Waals surface area contributed by atoms with Gasteiger partial charge >= 0.3 is 5.97 Å². The van der Waals surface area contributed by atoms with Crippen LogP contribution < -0.4 is 9.47 Å². The van der Waals surface area contributed by atoms with Crippen molar-refractivity contribution in [1.29, 1.82) is 0 Å². The first-order valence-electron chi connectivity index (χ1n) is 11.2. The second-order valence-corrected chi connectivity index (χ2v) is 8.69. The molecule has 1 aromatic heterocycles. The predicted octanol–water partition coefficient (Wildman–Crippen LogP) is 4.35. The number of aromatic nitrogens is 2. The van der Waals surface area contributed by atoms with Crippen molar-refractivity contribution in [3.8, 4) is 16.7 Å². The van der Waals surface area contributed by atoms with E-state index in [1.54, 1.807) is 43.2 Å². The van der Waals surface area contributed by atoms with E-state index in [0.29, 0.717) is 48.4 Å². The van der Waals surface area contributed by atoms with Crippen LogP contribution in [0.1, 0.15) is 41.5 Å². The molecular weight excluding hydrogens is 454 g/mol. The van der Waals surface area contributed by atoms with Gasteiger partial charge in [-0.3, -0.25) is 9.59 Å². The van der Waals surface area contributed by atoms with Gasteiger partial charge in [-0.15, -0.1) is 0 Å². The molecule has 0 saturated carbocycles. The van der Waals surface area contributed by atoms with Gasteiger partial charge in [0.25, 0.3) is 11.1 Å². The van der Waals surface area contributed by atoms with Gasteiger partial charge in [0.1, 0.15) is 11.5 Å². The first-order chi connectivity index (χ1) is 16.6. The SMILES string of the molecule is CCOC(=O)C1CCCN(C(=O)c2cccc(Oc3nc(Cc4cccc(OC)c4)ns3)c2)C1. The summed E-state index contributed by atoms with van der Waals surface area (Å²) in [5, 5.41) is 0.405. The maximum atomic E-state index is 13.1. The minimum absolute atomic E-state index is 0.129. The maximum absolute atomic E-state index is 13.1. The fraction of sp³-hybridized carbons (Fsp3) is 0.360. The number of benzene rings is 2. The van der Waals surface area contributed by atoms with Crippen LogP contribution in [0.2, 0.25) is 0 Å². The normalized spacial score (nSPS) is 15.6. The molecule has 2 aromatic carbocycles. The molecule has 0 bridgehead atoms. The van der Waals surface area contributed by atoms with Gasteiger partial charge < -0.3 is 19.1 Å². The Morgan fingerprint density at radius 2 is 1.97 bits per heavy atom. The van der Waals surface area contributed by atoms with E-state index in [1.165, 1.54) is 0 Å². The summed E-state index contributed by atoms with van der Waals surface area (Å²) in [6, 6.07) is 14.7. The number of carbonyl (C=O) groups is 2. The summed E-state index contributed by atoms with van der Waals surface area (Å²) >= 11 is 1.16. The minimum atomic E-state index is -0.276. The third-order valence-electron chi connectivity index (χ3n) is 5.56. The standard InChI is InChI=1S/C25H27N3O5S/c1-3-32-24(30)19-9-6-12-28(16-19)23(29)18-8-5-11-21(15-18)33-25-26-22(27-34-25)14-17-7-4-10-20(13-17)31-2/h4-5,7-8,10-11,13,15,19H,3,6,9,12,14,16H2,1-2H3. The van der Waals surface area contributed by atoms with E-state index in [4.69, 9.17) is 14.2 Å². The Balaban J connectivity index is 1.40. The van der Waals surface area contributed by atoms with E-state index in [9.17, 15) is 9.59 Å². The molecule has 1 saturated heterocycles. The van der Waals surface area contributed by atoms with Gasteiger partial charge in [0.05, 0.1) is 19.6 Å². The molecular formula is C25H27N3O5S. The highest BCUT2D eigenvalue weighted by molar-refractivity contribution is 7.07. The number of hydrogen-bond donors (Lipinski definition) is 0. The van der Waals surface area contributed by atoms with Crippen molar-refractivity contribution in [1.82, 2.24) is 14.3 Å². The van der Waals surface area contributed by atoms with Crippen molar-refractivity contribution in [3.63, 3.8) is 0 Å². The average Bonchev–Trinajstić information content (AvgIpc) is 3.30. The Hall–Kier alpha value is -3.46. The molecule has 0 aliphatic carbocycles. The van der Waals surface area contributed by atoms with Crippen LogP contribution in [0.25, 0.3) is 0 Å². The quantitative estimate of drug-likeness (QED) is 0.442. The second kappa shape index (κ2) is 11.1. The lowest BCUT2D eigenvalue weighted by molar-refractivity contribution is -0.149. The highest BCUT2D eigenvalue weighted by atomic mass is 32.1. The Labute approximate surface area is 202 Å². The van der Waals surface area contributed by atoms with E-state index in [1.807, 2.05) is 24.3 Å². The van der Waals surface area contributed by atoms with Gasteiger partial charge in [-0.05, 0) is 55.7 Å². The van der Waals surface area contributed by atoms with Crippen molar-refractivity contribution < 1.29 is 23.8 Å². The largest absolute Gasteiger partial charge is 0.497 e. The molecule has 34 heavy (non-hydrogen) atoms. The predicted molar refractivity (Wildman–Crippen MR) is 127 cm³/mol. The number of carbonyl (C=O) groups excluding carboxylic acids is 2.